The van der Waals surface area contributed by atoms with Gasteiger partial charge in [0.05, 0.1) is 23.4 Å². The number of pyridine rings is 1. The molecule has 3 rings (SSSR count). The van der Waals surface area contributed by atoms with Crippen molar-refractivity contribution in [3.63, 3.8) is 0 Å². The summed E-state index contributed by atoms with van der Waals surface area (Å²) >= 11 is 6.18. The predicted octanol–water partition coefficient (Wildman–Crippen LogP) is 3.67. The van der Waals surface area contributed by atoms with Gasteiger partial charge in [-0.15, -0.1) is 0 Å². The highest BCUT2D eigenvalue weighted by Crippen LogP contribution is 2.26. The van der Waals surface area contributed by atoms with Crippen LogP contribution in [0.4, 0.5) is 17.5 Å². The summed E-state index contributed by atoms with van der Waals surface area (Å²) in [5.74, 6) is 0.550. The molecular formula is C18H16ClN5O2. The molecule has 2 aromatic heterocycles. The Morgan fingerprint density at radius 2 is 2.12 bits per heavy atom. The zero-order chi connectivity index (χ0) is 18.4. The molecule has 26 heavy (non-hydrogen) atoms. The monoisotopic (exact) mass is 369 g/mol. The molecule has 2 N–H and O–H groups in total. The molecule has 132 valence electrons. The van der Waals surface area contributed by atoms with Gasteiger partial charge in [-0.3, -0.25) is 4.98 Å². The Morgan fingerprint density at radius 3 is 2.88 bits per heavy atom. The average molecular weight is 370 g/mol. The number of carbonyl (C=O) groups excluding carboxylic acids is 1. The summed E-state index contributed by atoms with van der Waals surface area (Å²) in [4.78, 5) is 24.3. The first-order valence-corrected chi connectivity index (χ1v) is 8.14. The van der Waals surface area contributed by atoms with Crippen molar-refractivity contribution in [2.24, 2.45) is 0 Å². The van der Waals surface area contributed by atoms with Crippen molar-refractivity contribution in [3.05, 3.63) is 71.1 Å². The predicted molar refractivity (Wildman–Crippen MR) is 99.7 cm³/mol. The van der Waals surface area contributed by atoms with Crippen LogP contribution in [0.25, 0.3) is 0 Å². The zero-order valence-corrected chi connectivity index (χ0v) is 14.7. The van der Waals surface area contributed by atoms with Crippen LogP contribution in [0.5, 0.6) is 0 Å². The Balaban J connectivity index is 1.73. The summed E-state index contributed by atoms with van der Waals surface area (Å²) in [7, 11) is 1.32. The van der Waals surface area contributed by atoms with Gasteiger partial charge >= 0.3 is 5.97 Å². The summed E-state index contributed by atoms with van der Waals surface area (Å²) in [6, 6.07) is 10.4. The standard InChI is InChI=1S/C18H16ClN5O2/c1-26-17(25)13-4-5-14(19)15(9-13)23-18-21-8-6-16(24-18)22-11-12-3-2-7-20-10-12/h2-10H,11H2,1H3,(H2,21,22,23,24). The van der Waals surface area contributed by atoms with Crippen LogP contribution in [-0.2, 0) is 11.3 Å². The van der Waals surface area contributed by atoms with Gasteiger partial charge in [0.1, 0.15) is 5.82 Å². The number of carbonyl (C=O) groups is 1. The third-order valence-electron chi connectivity index (χ3n) is 3.49. The van der Waals surface area contributed by atoms with Crippen molar-refractivity contribution in [1.29, 1.82) is 0 Å². The van der Waals surface area contributed by atoms with Gasteiger partial charge in [0.2, 0.25) is 5.95 Å². The van der Waals surface area contributed by atoms with E-state index in [-0.39, 0.29) is 0 Å². The number of benzene rings is 1. The van der Waals surface area contributed by atoms with Gasteiger partial charge in [0.15, 0.2) is 0 Å². The van der Waals surface area contributed by atoms with Crippen molar-refractivity contribution in [1.82, 2.24) is 15.0 Å². The van der Waals surface area contributed by atoms with Crippen LogP contribution in [0, 0.1) is 0 Å². The lowest BCUT2D eigenvalue weighted by molar-refractivity contribution is 0.0601. The number of aromatic nitrogens is 3. The molecule has 0 unspecified atom stereocenters. The first kappa shape index (κ1) is 17.6. The summed E-state index contributed by atoms with van der Waals surface area (Å²) in [5, 5.41) is 6.66. The van der Waals surface area contributed by atoms with Gasteiger partial charge < -0.3 is 15.4 Å². The van der Waals surface area contributed by atoms with E-state index in [4.69, 9.17) is 16.3 Å². The fourth-order valence-corrected chi connectivity index (χ4v) is 2.36. The smallest absolute Gasteiger partial charge is 0.337 e. The molecular weight excluding hydrogens is 354 g/mol. The third kappa shape index (κ3) is 4.46. The molecule has 1 aromatic carbocycles. The molecule has 0 radical (unpaired) electrons. The van der Waals surface area contributed by atoms with Gasteiger partial charge in [-0.05, 0) is 35.9 Å². The molecule has 0 spiro atoms. The molecule has 0 saturated carbocycles. The van der Waals surface area contributed by atoms with Crippen LogP contribution < -0.4 is 10.6 Å². The topological polar surface area (TPSA) is 89.0 Å². The van der Waals surface area contributed by atoms with Crippen molar-refractivity contribution in [2.45, 2.75) is 6.54 Å². The van der Waals surface area contributed by atoms with Crippen LogP contribution in [0.2, 0.25) is 5.02 Å². The van der Waals surface area contributed by atoms with Gasteiger partial charge in [0.25, 0.3) is 0 Å². The van der Waals surface area contributed by atoms with E-state index in [9.17, 15) is 4.79 Å². The minimum atomic E-state index is -0.447. The second-order valence-electron chi connectivity index (χ2n) is 5.29. The van der Waals surface area contributed by atoms with Crippen LogP contribution in [0.15, 0.2) is 55.0 Å². The lowest BCUT2D eigenvalue weighted by Gasteiger charge is -2.10. The van der Waals surface area contributed by atoms with E-state index in [0.717, 1.165) is 5.56 Å². The molecule has 0 aliphatic carbocycles. The molecule has 0 bridgehead atoms. The second kappa shape index (κ2) is 8.26. The summed E-state index contributed by atoms with van der Waals surface area (Å²) in [6.45, 7) is 0.586. The number of esters is 1. The van der Waals surface area contributed by atoms with E-state index in [0.29, 0.717) is 34.6 Å². The summed E-state index contributed by atoms with van der Waals surface area (Å²) < 4.78 is 4.72. The number of rotatable bonds is 6. The minimum Gasteiger partial charge on any atom is -0.465 e. The van der Waals surface area contributed by atoms with E-state index in [1.807, 2.05) is 12.1 Å². The molecule has 0 saturated heterocycles. The summed E-state index contributed by atoms with van der Waals surface area (Å²) in [5.41, 5.74) is 1.93. The van der Waals surface area contributed by atoms with Crippen molar-refractivity contribution in [3.8, 4) is 0 Å². The molecule has 0 fully saturated rings. The lowest BCUT2D eigenvalue weighted by Crippen LogP contribution is -2.05. The van der Waals surface area contributed by atoms with E-state index in [1.165, 1.54) is 7.11 Å². The van der Waals surface area contributed by atoms with Crippen molar-refractivity contribution >= 4 is 35.0 Å². The van der Waals surface area contributed by atoms with Crippen LogP contribution in [0.1, 0.15) is 15.9 Å². The Morgan fingerprint density at radius 1 is 1.23 bits per heavy atom. The summed E-state index contributed by atoms with van der Waals surface area (Å²) in [6.07, 6.45) is 5.13. The normalized spacial score (nSPS) is 10.2. The largest absolute Gasteiger partial charge is 0.465 e. The van der Waals surface area contributed by atoms with Gasteiger partial charge in [0, 0.05) is 25.1 Å². The molecule has 0 atom stereocenters. The molecule has 7 nitrogen and oxygen atoms in total. The first-order chi connectivity index (χ1) is 12.7. The van der Waals surface area contributed by atoms with Gasteiger partial charge in [-0.1, -0.05) is 17.7 Å². The lowest BCUT2D eigenvalue weighted by atomic mass is 10.2. The van der Waals surface area contributed by atoms with E-state index >= 15 is 0 Å². The number of hydrogen-bond acceptors (Lipinski definition) is 7. The highest BCUT2D eigenvalue weighted by molar-refractivity contribution is 6.33. The van der Waals surface area contributed by atoms with Crippen molar-refractivity contribution < 1.29 is 9.53 Å². The number of nitrogens with one attached hydrogen (secondary N) is 2. The van der Waals surface area contributed by atoms with Crippen LogP contribution >= 0.6 is 11.6 Å². The van der Waals surface area contributed by atoms with Gasteiger partial charge in [-0.2, -0.15) is 4.98 Å². The number of anilines is 3. The Kier molecular flexibility index (Phi) is 5.60. The maximum atomic E-state index is 11.7. The maximum Gasteiger partial charge on any atom is 0.337 e. The average Bonchev–Trinajstić information content (AvgIpc) is 2.68. The maximum absolute atomic E-state index is 11.7. The number of methoxy groups -OCH3 is 1. The van der Waals surface area contributed by atoms with Gasteiger partial charge in [-0.25, -0.2) is 9.78 Å². The quantitative estimate of drug-likeness (QED) is 0.641. The van der Waals surface area contributed by atoms with Crippen molar-refractivity contribution in [2.75, 3.05) is 17.7 Å². The van der Waals surface area contributed by atoms with E-state index in [1.54, 1.807) is 42.9 Å². The minimum absolute atomic E-state index is 0.352. The Hall–Kier alpha value is -3.19. The molecule has 3 aromatic rings. The van der Waals surface area contributed by atoms with E-state index in [2.05, 4.69) is 25.6 Å². The second-order valence-corrected chi connectivity index (χ2v) is 5.70. The first-order valence-electron chi connectivity index (χ1n) is 7.76. The molecule has 2 heterocycles. The molecule has 8 heteroatoms. The Labute approximate surface area is 155 Å². The zero-order valence-electron chi connectivity index (χ0n) is 13.9. The third-order valence-corrected chi connectivity index (χ3v) is 3.82. The highest BCUT2D eigenvalue weighted by atomic mass is 35.5. The molecule has 0 amide bonds. The van der Waals surface area contributed by atoms with Crippen LogP contribution in [-0.4, -0.2) is 28.0 Å². The van der Waals surface area contributed by atoms with Crippen LogP contribution in [0.3, 0.4) is 0 Å². The number of halogens is 1. The molecule has 0 aliphatic rings. The molecule has 0 aliphatic heterocycles. The number of hydrogen-bond donors (Lipinski definition) is 2. The number of nitrogens with zero attached hydrogens (tertiary/aromatic N) is 3. The fourth-order valence-electron chi connectivity index (χ4n) is 2.20. The number of ether oxygens (including phenoxy) is 1. The SMILES string of the molecule is COC(=O)c1ccc(Cl)c(Nc2nccc(NCc3cccnc3)n2)c1. The highest BCUT2D eigenvalue weighted by Gasteiger charge is 2.10. The van der Waals surface area contributed by atoms with E-state index < -0.39 is 5.97 Å². The Bertz CT molecular complexity index is 905. The fraction of sp³-hybridized carbons (Fsp3) is 0.111.